The van der Waals surface area contributed by atoms with Gasteiger partial charge in [0.1, 0.15) is 34.5 Å². The van der Waals surface area contributed by atoms with E-state index in [1.54, 1.807) is 0 Å². The molecule has 0 aromatic heterocycles. The predicted molar refractivity (Wildman–Crippen MR) is 351 cm³/mol. The summed E-state index contributed by atoms with van der Waals surface area (Å²) < 4.78 is 54.4. The molecule has 0 amide bonds. The van der Waals surface area contributed by atoms with Gasteiger partial charge >= 0.3 is 39.8 Å². The molecule has 14 heteroatoms. The summed E-state index contributed by atoms with van der Waals surface area (Å²) in [5, 5.41) is 0. The van der Waals surface area contributed by atoms with E-state index in [2.05, 4.69) is 174 Å². The molecule has 6 aromatic carbocycles. The first-order valence-corrected chi connectivity index (χ1v) is 30.6. The van der Waals surface area contributed by atoms with Crippen LogP contribution in [-0.4, -0.2) is 9.49 Å². The van der Waals surface area contributed by atoms with Crippen molar-refractivity contribution >= 4 is 42.5 Å². The average molecular weight is 1400 g/mol. The molecule has 0 aliphatic carbocycles. The fourth-order valence-corrected chi connectivity index (χ4v) is 9.73. The van der Waals surface area contributed by atoms with Gasteiger partial charge in [-0.1, -0.05) is 275 Å². The molecule has 466 valence electrons. The first-order chi connectivity index (χ1) is 37.5. The van der Waals surface area contributed by atoms with Crippen molar-refractivity contribution < 1.29 is 75.4 Å². The van der Waals surface area contributed by atoms with Gasteiger partial charge in [0, 0.05) is 72.3 Å². The smallest absolute Gasteiger partial charge is 0 e. The largest absolute Gasteiger partial charge is 0 e. The van der Waals surface area contributed by atoms with E-state index in [-0.39, 0.29) is 80.9 Å². The quantitative estimate of drug-likeness (QED) is 0.0393. The van der Waals surface area contributed by atoms with Crippen molar-refractivity contribution in [2.75, 3.05) is 0 Å². The van der Waals surface area contributed by atoms with Gasteiger partial charge in [-0.25, -0.2) is 0 Å². The maximum Gasteiger partial charge on any atom is 0 e. The van der Waals surface area contributed by atoms with Crippen molar-refractivity contribution in [3.63, 3.8) is 0 Å². The van der Waals surface area contributed by atoms with Crippen LogP contribution in [0.3, 0.4) is 0 Å². The monoisotopic (exact) mass is 1400 g/mol. The summed E-state index contributed by atoms with van der Waals surface area (Å²) in [7, 11) is -3.56. The van der Waals surface area contributed by atoms with E-state index in [1.807, 2.05) is 151 Å². The summed E-state index contributed by atoms with van der Waals surface area (Å²) in [5.74, 6) is 4.68. The van der Waals surface area contributed by atoms with Crippen LogP contribution in [0.25, 0.3) is 0 Å². The first-order valence-electron chi connectivity index (χ1n) is 27.6. The summed E-state index contributed by atoms with van der Waals surface area (Å²) in [6.45, 7) is 60.3. The molecule has 0 fully saturated rings. The third-order valence-electron chi connectivity index (χ3n) is 11.2. The van der Waals surface area contributed by atoms with Crippen LogP contribution in [0.1, 0.15) is 200 Å². The zero-order valence-corrected chi connectivity index (χ0v) is 61.2. The minimum absolute atomic E-state index is 0. The molecular weight excluding hydrogens is 1300 g/mol. The van der Waals surface area contributed by atoms with Crippen LogP contribution in [0, 0.1) is 13.3 Å². The molecule has 6 aromatic rings. The summed E-state index contributed by atoms with van der Waals surface area (Å²) in [6.07, 6.45) is 0. The number of para-hydroxylation sites is 6. The molecule has 84 heavy (non-hydrogen) atoms. The van der Waals surface area contributed by atoms with Gasteiger partial charge in [0.05, 0.1) is 0 Å². The number of hydrogen-bond donors (Lipinski definition) is 0. The molecule has 8 nitrogen and oxygen atoms in total. The van der Waals surface area contributed by atoms with Crippen molar-refractivity contribution in [2.24, 2.45) is 0 Å². The molecule has 0 N–H and O–H groups in total. The molecule has 0 saturated carbocycles. The van der Waals surface area contributed by atoms with Crippen molar-refractivity contribution in [3.8, 4) is 34.5 Å². The van der Waals surface area contributed by atoms with Crippen LogP contribution in [0.5, 0.6) is 34.5 Å². The Balaban J connectivity index is 0. The number of hydrogen-bond acceptors (Lipinski definition) is 8. The third kappa shape index (κ3) is 31.4. The van der Waals surface area contributed by atoms with Gasteiger partial charge in [0.2, 0.25) is 0 Å². The van der Waals surface area contributed by atoms with Crippen LogP contribution in [0.4, 0.5) is 0 Å². The van der Waals surface area contributed by atoms with Crippen LogP contribution in [-0.2, 0) is 106 Å². The summed E-state index contributed by atoms with van der Waals surface area (Å²) >= 11 is 9.65. The molecule has 0 aliphatic rings. The second kappa shape index (κ2) is 36.0. The van der Waals surface area contributed by atoms with Gasteiger partial charge in [-0.2, -0.15) is 9.49 Å². The first kappa shape index (κ1) is 82.5. The zero-order valence-electron chi connectivity index (χ0n) is 54.5. The van der Waals surface area contributed by atoms with Gasteiger partial charge in [-0.3, -0.25) is 0 Å². The molecule has 0 atom stereocenters. The fourth-order valence-electron chi connectivity index (χ4n) is 7.59. The van der Waals surface area contributed by atoms with Crippen molar-refractivity contribution in [1.29, 1.82) is 0 Å². The van der Waals surface area contributed by atoms with E-state index in [1.165, 1.54) is 0 Å². The Hall–Kier alpha value is -3.59. The van der Waals surface area contributed by atoms with Gasteiger partial charge < -0.3 is 52.4 Å². The van der Waals surface area contributed by atoms with E-state index in [0.717, 1.165) is 67.9 Å². The van der Waals surface area contributed by atoms with E-state index in [9.17, 15) is 0 Å². The summed E-state index contributed by atoms with van der Waals surface area (Å²) in [4.78, 5) is 0. The Labute approximate surface area is 548 Å². The average Bonchev–Trinajstić information content (AvgIpc) is 3.33. The molecule has 0 spiro atoms. The van der Waals surface area contributed by atoms with E-state index < -0.39 is 17.2 Å². The van der Waals surface area contributed by atoms with Gasteiger partial charge in [-0.05, 0) is 68.9 Å². The number of benzene rings is 6. The van der Waals surface area contributed by atoms with E-state index in [4.69, 9.17) is 61.7 Å². The molecule has 0 saturated heterocycles. The van der Waals surface area contributed by atoms with Gasteiger partial charge in [0.15, 0.2) is 0 Å². The van der Waals surface area contributed by atoms with Gasteiger partial charge in [-0.15, -0.1) is 0 Å². The molecular formula is C70H96O8P2Rh2S2-2. The van der Waals surface area contributed by atoms with Gasteiger partial charge in [0.25, 0.3) is 0 Å². The Morgan fingerprint density at radius 2 is 0.345 bits per heavy atom. The Morgan fingerprint density at radius 3 is 0.440 bits per heavy atom. The van der Waals surface area contributed by atoms with Crippen LogP contribution < -0.4 is 27.1 Å². The maximum absolute atomic E-state index is 7.50. The molecule has 0 aliphatic heterocycles. The SMILES string of the molecule is CC(C)(C)[S-].CC(C)(C)[S-].CC(C)(C)c1ccccc1OP(Oc1ccccc1C(C)(C)C)Oc1ccccc1C(C)(C)C.CC(C)(C)c1ccccc1OP(Oc1ccccc1C(C)(C)C)Oc1ccccc1C(C)(C)C.[C-]#[O+].[C-]#[O+].[Rh].[Rh]. The van der Waals surface area contributed by atoms with Crippen LogP contribution in [0.15, 0.2) is 146 Å². The van der Waals surface area contributed by atoms with Crippen molar-refractivity contribution in [3.05, 3.63) is 192 Å². The molecule has 6 rings (SSSR count). The fraction of sp³-hybridized carbons (Fsp3) is 0.457. The maximum atomic E-state index is 7.50. The van der Waals surface area contributed by atoms with E-state index >= 15 is 0 Å². The molecule has 2 radical (unpaired) electrons. The molecule has 0 unspecified atom stereocenters. The zero-order chi connectivity index (χ0) is 63.3. The predicted octanol–water partition coefficient (Wildman–Crippen LogP) is 21.3. The topological polar surface area (TPSA) is 95.2 Å². The second-order valence-corrected chi connectivity index (χ2v) is 32.1. The van der Waals surface area contributed by atoms with Crippen molar-refractivity contribution in [2.45, 2.75) is 208 Å². The minimum atomic E-state index is -1.78. The summed E-state index contributed by atoms with van der Waals surface area (Å²) in [5.41, 5.74) is 6.21. The standard InChI is InChI=1S/2C30H39O3P.2C4H10S.2CO.2Rh/c2*1-28(2,3)22-16-10-13-19-25(22)31-34(32-26-20-14-11-17-23(26)29(4,5)6)33-27-21-15-12-18-24(27)30(7,8)9;2*1-4(2,3)5;2*1-2;;/h2*10-21H,1-9H3;2*5H,1-3H3;;;;/p-2. The van der Waals surface area contributed by atoms with E-state index in [0.29, 0.717) is 0 Å². The minimum Gasteiger partial charge on any atom is 0 e. The second-order valence-electron chi connectivity index (χ2n) is 27.7. The van der Waals surface area contributed by atoms with Crippen molar-refractivity contribution in [1.82, 2.24) is 0 Å². The van der Waals surface area contributed by atoms with Crippen LogP contribution >= 0.6 is 17.2 Å². The number of rotatable bonds is 12. The summed E-state index contributed by atoms with van der Waals surface area (Å²) in [6, 6.07) is 48.8. The molecule has 0 heterocycles. The Morgan fingerprint density at radius 1 is 0.250 bits per heavy atom. The Bertz CT molecular complexity index is 2400. The third-order valence-corrected chi connectivity index (χ3v) is 13.3. The van der Waals surface area contributed by atoms with Crippen LogP contribution in [0.2, 0.25) is 0 Å². The normalized spacial score (nSPS) is 11.6. The molecule has 0 bridgehead atoms. The Kier molecular flexibility index (Phi) is 35.4.